The summed E-state index contributed by atoms with van der Waals surface area (Å²) in [5, 5.41) is 5.58. The summed E-state index contributed by atoms with van der Waals surface area (Å²) in [5.74, 6) is 0.348. The van der Waals surface area contributed by atoms with Gasteiger partial charge in [0.2, 0.25) is 0 Å². The fraction of sp³-hybridized carbons (Fsp3) is 0.636. The zero-order chi connectivity index (χ0) is 23.4. The molecule has 2 aromatic heterocycles. The first kappa shape index (κ1) is 23.6. The van der Waals surface area contributed by atoms with Crippen LogP contribution in [0.1, 0.15) is 60.6 Å². The van der Waals surface area contributed by atoms with Gasteiger partial charge in [0, 0.05) is 44.0 Å². The molecule has 8 nitrogen and oxygen atoms in total. The van der Waals surface area contributed by atoms with E-state index < -0.39 is 12.7 Å². The van der Waals surface area contributed by atoms with Crippen LogP contribution >= 0.6 is 0 Å². The summed E-state index contributed by atoms with van der Waals surface area (Å²) in [5.41, 5.74) is 1.82. The van der Waals surface area contributed by atoms with Crippen molar-refractivity contribution < 1.29 is 22.7 Å². The molecule has 180 valence electrons. The molecule has 1 aliphatic carbocycles. The minimum Gasteiger partial charge on any atom is -0.381 e. The summed E-state index contributed by atoms with van der Waals surface area (Å²) in [6, 6.07) is 1.47. The van der Waals surface area contributed by atoms with Crippen molar-refractivity contribution in [1.29, 1.82) is 0 Å². The third kappa shape index (κ3) is 6.29. The minimum atomic E-state index is -4.22. The second-order valence-electron chi connectivity index (χ2n) is 8.80. The molecule has 0 radical (unpaired) electrons. The maximum atomic E-state index is 13.1. The van der Waals surface area contributed by atoms with Crippen LogP contribution in [0, 0.1) is 0 Å². The summed E-state index contributed by atoms with van der Waals surface area (Å²) in [6.45, 7) is 0.327. The van der Waals surface area contributed by atoms with Gasteiger partial charge in [-0.15, -0.1) is 0 Å². The Balaban J connectivity index is 1.45. The minimum absolute atomic E-state index is 0.0944. The number of carbonyl (C=O) groups is 1. The molecule has 2 fully saturated rings. The van der Waals surface area contributed by atoms with Crippen LogP contribution in [0.25, 0.3) is 11.5 Å². The number of hydrogen-bond acceptors (Lipinski definition) is 6. The monoisotopic (exact) mass is 466 g/mol. The molecule has 4 rings (SSSR count). The topological polar surface area (TPSA) is 94.0 Å². The van der Waals surface area contributed by atoms with Crippen LogP contribution in [0.3, 0.4) is 0 Å². The molecule has 33 heavy (non-hydrogen) atoms. The maximum absolute atomic E-state index is 13.1. The SMILES string of the molecule is Cn1cncc1-c1nc(C(=O)NC2CCC(NCC(F)(F)F)CC2)cc(C2CCOCC2)n1. The number of halogens is 3. The van der Waals surface area contributed by atoms with E-state index in [0.717, 1.165) is 18.5 Å². The van der Waals surface area contributed by atoms with E-state index >= 15 is 0 Å². The standard InChI is InChI=1S/C22H29F3N6O2/c1-31-13-26-11-19(31)20-29-17(14-6-8-33-9-7-14)10-18(30-20)21(32)28-16-4-2-15(3-5-16)27-12-22(23,24)25/h10-11,13-16,27H,2-9,12H2,1H3,(H,28,32). The van der Waals surface area contributed by atoms with Crippen molar-refractivity contribution in [2.45, 2.75) is 62.7 Å². The highest BCUT2D eigenvalue weighted by Gasteiger charge is 2.30. The summed E-state index contributed by atoms with van der Waals surface area (Å²) < 4.78 is 44.6. The zero-order valence-electron chi connectivity index (χ0n) is 18.6. The second-order valence-corrected chi connectivity index (χ2v) is 8.80. The lowest BCUT2D eigenvalue weighted by molar-refractivity contribution is -0.126. The molecule has 0 bridgehead atoms. The second kappa shape index (κ2) is 10.2. The van der Waals surface area contributed by atoms with Gasteiger partial charge in [-0.25, -0.2) is 15.0 Å². The Hall–Kier alpha value is -2.53. The van der Waals surface area contributed by atoms with Crippen LogP contribution in [0.5, 0.6) is 0 Å². The third-order valence-electron chi connectivity index (χ3n) is 6.32. The molecule has 0 atom stereocenters. The van der Waals surface area contributed by atoms with Crippen LogP contribution in [0.2, 0.25) is 0 Å². The predicted molar refractivity (Wildman–Crippen MR) is 115 cm³/mol. The average Bonchev–Trinajstić information content (AvgIpc) is 3.24. The first-order valence-corrected chi connectivity index (χ1v) is 11.3. The highest BCUT2D eigenvalue weighted by atomic mass is 19.4. The van der Waals surface area contributed by atoms with Gasteiger partial charge in [-0.1, -0.05) is 0 Å². The molecule has 11 heteroatoms. The number of amides is 1. The Kier molecular flexibility index (Phi) is 7.28. The van der Waals surface area contributed by atoms with Gasteiger partial charge >= 0.3 is 6.18 Å². The molecule has 2 N–H and O–H groups in total. The summed E-state index contributed by atoms with van der Waals surface area (Å²) in [4.78, 5) is 26.5. The van der Waals surface area contributed by atoms with Crippen molar-refractivity contribution in [2.75, 3.05) is 19.8 Å². The van der Waals surface area contributed by atoms with Crippen LogP contribution < -0.4 is 10.6 Å². The van der Waals surface area contributed by atoms with Crippen molar-refractivity contribution >= 4 is 5.91 Å². The van der Waals surface area contributed by atoms with Gasteiger partial charge in [-0.3, -0.25) is 4.79 Å². The van der Waals surface area contributed by atoms with E-state index in [4.69, 9.17) is 9.72 Å². The number of nitrogens with zero attached hydrogens (tertiary/aromatic N) is 4. The van der Waals surface area contributed by atoms with Gasteiger partial charge in [0.1, 0.15) is 11.4 Å². The molecule has 2 aliphatic rings. The van der Waals surface area contributed by atoms with Crippen molar-refractivity contribution in [3.05, 3.63) is 30.0 Å². The number of aryl methyl sites for hydroxylation is 1. The fourth-order valence-electron chi connectivity index (χ4n) is 4.43. The van der Waals surface area contributed by atoms with Crippen molar-refractivity contribution in [3.63, 3.8) is 0 Å². The van der Waals surface area contributed by atoms with Crippen LogP contribution in [-0.2, 0) is 11.8 Å². The van der Waals surface area contributed by atoms with E-state index in [0.29, 0.717) is 56.1 Å². The molecule has 2 aromatic rings. The van der Waals surface area contributed by atoms with Gasteiger partial charge in [0.25, 0.3) is 5.91 Å². The Morgan fingerprint density at radius 3 is 2.45 bits per heavy atom. The quantitative estimate of drug-likeness (QED) is 0.680. The maximum Gasteiger partial charge on any atom is 0.401 e. The van der Waals surface area contributed by atoms with E-state index in [1.54, 1.807) is 23.2 Å². The van der Waals surface area contributed by atoms with Gasteiger partial charge in [0.05, 0.1) is 19.1 Å². The Morgan fingerprint density at radius 1 is 1.12 bits per heavy atom. The lowest BCUT2D eigenvalue weighted by atomic mass is 9.91. The molecular formula is C22H29F3N6O2. The number of rotatable bonds is 6. The first-order valence-electron chi connectivity index (χ1n) is 11.3. The lowest BCUT2D eigenvalue weighted by Gasteiger charge is -2.30. The Morgan fingerprint density at radius 2 is 1.82 bits per heavy atom. The van der Waals surface area contributed by atoms with E-state index in [-0.39, 0.29) is 23.9 Å². The summed E-state index contributed by atoms with van der Waals surface area (Å²) in [7, 11) is 1.85. The van der Waals surface area contributed by atoms with E-state index in [9.17, 15) is 18.0 Å². The highest BCUT2D eigenvalue weighted by molar-refractivity contribution is 5.93. The Bertz CT molecular complexity index is 950. The number of hydrogen-bond donors (Lipinski definition) is 2. The smallest absolute Gasteiger partial charge is 0.381 e. The van der Waals surface area contributed by atoms with Crippen LogP contribution in [-0.4, -0.2) is 63.4 Å². The van der Waals surface area contributed by atoms with Crippen LogP contribution in [0.15, 0.2) is 18.6 Å². The van der Waals surface area contributed by atoms with Crippen molar-refractivity contribution in [2.24, 2.45) is 7.05 Å². The van der Waals surface area contributed by atoms with Crippen molar-refractivity contribution in [3.8, 4) is 11.5 Å². The Labute approximate surface area is 190 Å². The average molecular weight is 467 g/mol. The number of aromatic nitrogens is 4. The largest absolute Gasteiger partial charge is 0.401 e. The van der Waals surface area contributed by atoms with Gasteiger partial charge in [0.15, 0.2) is 5.82 Å². The highest BCUT2D eigenvalue weighted by Crippen LogP contribution is 2.28. The summed E-state index contributed by atoms with van der Waals surface area (Å²) in [6.07, 6.45) is 3.17. The van der Waals surface area contributed by atoms with Gasteiger partial charge < -0.3 is 19.9 Å². The van der Waals surface area contributed by atoms with Gasteiger partial charge in [-0.05, 0) is 44.6 Å². The summed E-state index contributed by atoms with van der Waals surface area (Å²) >= 11 is 0. The molecule has 1 aliphatic heterocycles. The third-order valence-corrected chi connectivity index (χ3v) is 6.32. The molecule has 3 heterocycles. The molecule has 1 saturated heterocycles. The van der Waals surface area contributed by atoms with Crippen molar-refractivity contribution in [1.82, 2.24) is 30.2 Å². The molecule has 1 saturated carbocycles. The van der Waals surface area contributed by atoms with Gasteiger partial charge in [-0.2, -0.15) is 13.2 Å². The number of carbonyl (C=O) groups excluding carboxylic acids is 1. The molecule has 0 aromatic carbocycles. The molecular weight excluding hydrogens is 437 g/mol. The molecule has 0 unspecified atom stereocenters. The number of ether oxygens (including phenoxy) is 1. The predicted octanol–water partition coefficient (Wildman–Crippen LogP) is 2.96. The lowest BCUT2D eigenvalue weighted by Crippen LogP contribution is -2.44. The number of nitrogens with one attached hydrogen (secondary N) is 2. The molecule has 1 amide bonds. The zero-order valence-corrected chi connectivity index (χ0v) is 18.6. The van der Waals surface area contributed by atoms with E-state index in [1.807, 2.05) is 7.05 Å². The van der Waals surface area contributed by atoms with E-state index in [2.05, 4.69) is 20.6 Å². The van der Waals surface area contributed by atoms with E-state index in [1.165, 1.54) is 0 Å². The fourth-order valence-corrected chi connectivity index (χ4v) is 4.43. The van der Waals surface area contributed by atoms with Crippen LogP contribution in [0.4, 0.5) is 13.2 Å². The first-order chi connectivity index (χ1) is 15.8. The number of alkyl halides is 3. The normalized spacial score (nSPS) is 22.3. The number of imidazole rings is 1. The molecule has 0 spiro atoms.